The molecule has 29 heavy (non-hydrogen) atoms. The molecule has 2 amide bonds. The molecular weight excluding hydrogens is 408 g/mol. The molecule has 0 radical (unpaired) electrons. The van der Waals surface area contributed by atoms with Crippen molar-refractivity contribution in [2.45, 2.75) is 49.3 Å². The van der Waals surface area contributed by atoms with E-state index in [-0.39, 0.29) is 29.0 Å². The lowest BCUT2D eigenvalue weighted by atomic mass is 10.2. The Kier molecular flexibility index (Phi) is 5.48. The summed E-state index contributed by atoms with van der Waals surface area (Å²) in [5, 5.41) is 3.89. The molecule has 0 spiro atoms. The van der Waals surface area contributed by atoms with Crippen LogP contribution in [0.5, 0.6) is 0 Å². The number of carbonyl (C=O) groups is 2. The molecule has 1 saturated carbocycles. The number of rotatable bonds is 7. The van der Waals surface area contributed by atoms with Crippen LogP contribution >= 0.6 is 11.3 Å². The van der Waals surface area contributed by atoms with Crippen molar-refractivity contribution >= 4 is 38.7 Å². The Morgan fingerprint density at radius 3 is 2.76 bits per heavy atom. The first kappa shape index (κ1) is 20.1. The Bertz CT molecular complexity index is 1030. The first-order valence-electron chi connectivity index (χ1n) is 9.83. The zero-order chi connectivity index (χ0) is 20.6. The van der Waals surface area contributed by atoms with Crippen LogP contribution in [0.15, 0.2) is 40.6 Å². The Morgan fingerprint density at radius 1 is 1.28 bits per heavy atom. The van der Waals surface area contributed by atoms with Crippen LogP contribution in [0.3, 0.4) is 0 Å². The molecule has 1 aliphatic carbocycles. The molecule has 2 heterocycles. The Morgan fingerprint density at radius 2 is 2.07 bits per heavy atom. The van der Waals surface area contributed by atoms with Gasteiger partial charge < -0.3 is 10.2 Å². The third kappa shape index (κ3) is 4.23. The number of amides is 2. The lowest BCUT2D eigenvalue weighted by Gasteiger charge is -2.18. The fourth-order valence-corrected chi connectivity index (χ4v) is 5.65. The van der Waals surface area contributed by atoms with Crippen LogP contribution in [0.4, 0.5) is 5.69 Å². The van der Waals surface area contributed by atoms with Crippen LogP contribution in [-0.4, -0.2) is 32.0 Å². The van der Waals surface area contributed by atoms with Gasteiger partial charge in [-0.1, -0.05) is 6.07 Å². The van der Waals surface area contributed by atoms with Crippen LogP contribution in [-0.2, 0) is 32.4 Å². The van der Waals surface area contributed by atoms with E-state index in [1.54, 1.807) is 41.4 Å². The van der Waals surface area contributed by atoms with E-state index in [1.165, 1.54) is 0 Å². The normalized spacial score (nSPS) is 17.1. The molecule has 0 unspecified atom stereocenters. The van der Waals surface area contributed by atoms with Crippen molar-refractivity contribution < 1.29 is 18.0 Å². The van der Waals surface area contributed by atoms with Gasteiger partial charge in [-0.05, 0) is 61.4 Å². The van der Waals surface area contributed by atoms with E-state index < -0.39 is 15.1 Å². The van der Waals surface area contributed by atoms with E-state index in [1.807, 2.05) is 17.5 Å². The number of nitrogens with zero attached hydrogens (tertiary/aromatic N) is 1. The van der Waals surface area contributed by atoms with Crippen molar-refractivity contribution in [3.8, 4) is 0 Å². The molecule has 0 bridgehead atoms. The Hall–Kier alpha value is -2.19. The zero-order valence-corrected chi connectivity index (χ0v) is 17.9. The smallest absolute Gasteiger partial charge is 0.230 e. The molecule has 1 aliphatic heterocycles. The summed E-state index contributed by atoms with van der Waals surface area (Å²) in [7, 11) is -3.63. The van der Waals surface area contributed by atoms with Crippen molar-refractivity contribution in [1.29, 1.82) is 0 Å². The standard InChI is InChI=1S/C21H24N2O4S2/c1-14(11-20(24)22-13-17-3-2-10-28-17)29(26,27)18-6-7-19-16(12-18)8-9-23(19)21(25)15-4-5-15/h2-3,6-7,10,12,14-15H,4-5,8-9,11,13H2,1H3,(H,22,24)/t14-/m1/s1. The average Bonchev–Trinajstić information content (AvgIpc) is 3.25. The Labute approximate surface area is 174 Å². The lowest BCUT2D eigenvalue weighted by molar-refractivity contribution is -0.121. The van der Waals surface area contributed by atoms with Gasteiger partial charge in [-0.3, -0.25) is 9.59 Å². The number of hydrogen-bond acceptors (Lipinski definition) is 5. The fourth-order valence-electron chi connectivity index (χ4n) is 3.61. The summed E-state index contributed by atoms with van der Waals surface area (Å²) in [5.41, 5.74) is 1.71. The second-order valence-electron chi connectivity index (χ2n) is 7.72. The van der Waals surface area contributed by atoms with E-state index in [2.05, 4.69) is 5.32 Å². The van der Waals surface area contributed by atoms with Crippen molar-refractivity contribution in [1.82, 2.24) is 5.32 Å². The maximum Gasteiger partial charge on any atom is 0.230 e. The molecule has 154 valence electrons. The minimum Gasteiger partial charge on any atom is -0.351 e. The van der Waals surface area contributed by atoms with Gasteiger partial charge in [0.25, 0.3) is 0 Å². The molecule has 1 N–H and O–H groups in total. The first-order chi connectivity index (χ1) is 13.9. The second-order valence-corrected chi connectivity index (χ2v) is 11.1. The number of hydrogen-bond donors (Lipinski definition) is 1. The SMILES string of the molecule is C[C@H](CC(=O)NCc1cccs1)S(=O)(=O)c1ccc2c(c1)CCN2C(=O)C1CC1. The summed E-state index contributed by atoms with van der Waals surface area (Å²) >= 11 is 1.54. The highest BCUT2D eigenvalue weighted by Crippen LogP contribution is 2.37. The van der Waals surface area contributed by atoms with E-state index in [9.17, 15) is 18.0 Å². The zero-order valence-electron chi connectivity index (χ0n) is 16.3. The van der Waals surface area contributed by atoms with Gasteiger partial charge in [-0.2, -0.15) is 0 Å². The van der Waals surface area contributed by atoms with Crippen molar-refractivity contribution in [2.24, 2.45) is 5.92 Å². The maximum absolute atomic E-state index is 13.0. The molecule has 0 saturated heterocycles. The second kappa shape index (κ2) is 7.91. The molecule has 1 aromatic carbocycles. The molecule has 2 aliphatic rings. The highest BCUT2D eigenvalue weighted by molar-refractivity contribution is 7.92. The minimum atomic E-state index is -3.63. The fraction of sp³-hybridized carbons (Fsp3) is 0.429. The summed E-state index contributed by atoms with van der Waals surface area (Å²) in [5.74, 6) is 0.00375. The van der Waals surface area contributed by atoms with Gasteiger partial charge in [0.05, 0.1) is 16.7 Å². The molecule has 1 atom stereocenters. The van der Waals surface area contributed by atoms with E-state index in [0.717, 1.165) is 29.0 Å². The minimum absolute atomic E-state index is 0.0862. The largest absolute Gasteiger partial charge is 0.351 e. The highest BCUT2D eigenvalue weighted by atomic mass is 32.2. The molecular formula is C21H24N2O4S2. The molecule has 1 fully saturated rings. The number of carbonyl (C=O) groups excluding carboxylic acids is 2. The van der Waals surface area contributed by atoms with Crippen LogP contribution in [0.1, 0.15) is 36.6 Å². The predicted molar refractivity (Wildman–Crippen MR) is 113 cm³/mol. The van der Waals surface area contributed by atoms with Gasteiger partial charge in [-0.15, -0.1) is 11.3 Å². The van der Waals surface area contributed by atoms with E-state index in [0.29, 0.717) is 19.5 Å². The number of fused-ring (bicyclic) bond motifs is 1. The third-order valence-corrected chi connectivity index (χ3v) is 8.52. The van der Waals surface area contributed by atoms with Gasteiger partial charge in [0.2, 0.25) is 11.8 Å². The van der Waals surface area contributed by atoms with Crippen LogP contribution < -0.4 is 10.2 Å². The van der Waals surface area contributed by atoms with Gasteiger partial charge >= 0.3 is 0 Å². The average molecular weight is 433 g/mol. The van der Waals surface area contributed by atoms with E-state index in [4.69, 9.17) is 0 Å². The van der Waals surface area contributed by atoms with Gasteiger partial charge in [-0.25, -0.2) is 8.42 Å². The molecule has 4 rings (SSSR count). The monoisotopic (exact) mass is 432 g/mol. The summed E-state index contributed by atoms with van der Waals surface area (Å²) in [4.78, 5) is 27.6. The quantitative estimate of drug-likeness (QED) is 0.729. The predicted octanol–water partition coefficient (Wildman–Crippen LogP) is 2.92. The van der Waals surface area contributed by atoms with Gasteiger partial charge in [0.15, 0.2) is 9.84 Å². The summed E-state index contributed by atoms with van der Waals surface area (Å²) in [6.45, 7) is 2.58. The van der Waals surface area contributed by atoms with Crippen molar-refractivity contribution in [2.75, 3.05) is 11.4 Å². The molecule has 1 aromatic heterocycles. The summed E-state index contributed by atoms with van der Waals surface area (Å²) in [6, 6.07) is 8.80. The van der Waals surface area contributed by atoms with Crippen molar-refractivity contribution in [3.63, 3.8) is 0 Å². The molecule has 6 nitrogen and oxygen atoms in total. The van der Waals surface area contributed by atoms with Crippen LogP contribution in [0.25, 0.3) is 0 Å². The first-order valence-corrected chi connectivity index (χ1v) is 12.3. The molecule has 8 heteroatoms. The number of anilines is 1. The van der Waals surface area contributed by atoms with Crippen LogP contribution in [0.2, 0.25) is 0 Å². The number of benzene rings is 1. The Balaban J connectivity index is 1.43. The number of nitrogens with one attached hydrogen (secondary N) is 1. The maximum atomic E-state index is 13.0. The van der Waals surface area contributed by atoms with Crippen molar-refractivity contribution in [3.05, 3.63) is 46.2 Å². The topological polar surface area (TPSA) is 83.6 Å². The number of thiophene rings is 1. The van der Waals surface area contributed by atoms with Gasteiger partial charge in [0.1, 0.15) is 0 Å². The number of sulfone groups is 1. The summed E-state index contributed by atoms with van der Waals surface area (Å²) in [6.07, 6.45) is 2.47. The van der Waals surface area contributed by atoms with E-state index >= 15 is 0 Å². The highest BCUT2D eigenvalue weighted by Gasteiger charge is 2.37. The lowest BCUT2D eigenvalue weighted by Crippen LogP contribution is -2.30. The summed E-state index contributed by atoms with van der Waals surface area (Å²) < 4.78 is 26.0. The molecule has 2 aromatic rings. The third-order valence-electron chi connectivity index (χ3n) is 5.51. The van der Waals surface area contributed by atoms with Crippen LogP contribution in [0, 0.1) is 5.92 Å². The van der Waals surface area contributed by atoms with Gasteiger partial charge in [0, 0.05) is 29.4 Å².